The van der Waals surface area contributed by atoms with Gasteiger partial charge in [0.1, 0.15) is 0 Å². The summed E-state index contributed by atoms with van der Waals surface area (Å²) in [6.07, 6.45) is 0. The SMILES string of the molecule is O=[N+]([O-])O[N+](=O)[O-].[Cu].[Pd]. The second-order valence-corrected chi connectivity index (χ2v) is 0.529. The summed E-state index contributed by atoms with van der Waals surface area (Å²) in [7, 11) is 0. The molecule has 9 heavy (non-hydrogen) atoms. The maximum Gasteiger partial charge on any atom is 0.356 e. The van der Waals surface area contributed by atoms with E-state index >= 15 is 0 Å². The molecule has 0 heterocycles. The molecule has 9 heteroatoms. The van der Waals surface area contributed by atoms with Crippen molar-refractivity contribution < 1.29 is 52.6 Å². The summed E-state index contributed by atoms with van der Waals surface area (Å²) in [4.78, 5) is 20.6. The quantitative estimate of drug-likeness (QED) is 0.381. The first-order valence-corrected chi connectivity index (χ1v) is 1.10. The summed E-state index contributed by atoms with van der Waals surface area (Å²) < 4.78 is 0. The third-order valence-electron chi connectivity index (χ3n) is 0.133. The zero-order valence-corrected chi connectivity index (χ0v) is 6.05. The van der Waals surface area contributed by atoms with Gasteiger partial charge in [0.25, 0.3) is 0 Å². The molecule has 0 unspecified atom stereocenters. The van der Waals surface area contributed by atoms with Gasteiger partial charge in [0.05, 0.1) is 0 Å². The predicted octanol–water partition coefficient (Wildman–Crippen LogP) is -0.619. The van der Waals surface area contributed by atoms with E-state index in [0.29, 0.717) is 0 Å². The van der Waals surface area contributed by atoms with E-state index in [4.69, 9.17) is 20.2 Å². The molecule has 0 aromatic heterocycles. The summed E-state index contributed by atoms with van der Waals surface area (Å²) in [5.41, 5.74) is 0. The fraction of sp³-hybridized carbons (Fsp3) is 0. The normalized spacial score (nSPS) is 5.78. The van der Waals surface area contributed by atoms with Gasteiger partial charge >= 0.3 is 10.2 Å². The topological polar surface area (TPSA) is 95.5 Å². The molecule has 0 bridgehead atoms. The van der Waals surface area contributed by atoms with Crippen molar-refractivity contribution in [3.63, 3.8) is 0 Å². The van der Waals surface area contributed by atoms with Gasteiger partial charge < -0.3 is 0 Å². The third kappa shape index (κ3) is 18.2. The van der Waals surface area contributed by atoms with E-state index in [2.05, 4.69) is 4.94 Å². The van der Waals surface area contributed by atoms with Crippen LogP contribution in [0.2, 0.25) is 0 Å². The predicted molar refractivity (Wildman–Crippen MR) is 15.1 cm³/mol. The summed E-state index contributed by atoms with van der Waals surface area (Å²) in [6.45, 7) is 0. The van der Waals surface area contributed by atoms with Gasteiger partial charge in [-0.05, 0) is 0 Å². The Hall–Kier alpha value is -0.218. The van der Waals surface area contributed by atoms with Crippen LogP contribution in [-0.4, -0.2) is 10.2 Å². The summed E-state index contributed by atoms with van der Waals surface area (Å²) >= 11 is 0. The standard InChI is InChI=1S/Cu.N2O5.Pd/c;3-1(4)7-2(5)6;. The minimum Gasteiger partial charge on any atom is -0.105 e. The first kappa shape index (κ1) is 15.9. The van der Waals surface area contributed by atoms with Crippen molar-refractivity contribution in [3.05, 3.63) is 20.2 Å². The number of hydrogen-bond acceptors (Lipinski definition) is 5. The second kappa shape index (κ2) is 7.78. The summed E-state index contributed by atoms with van der Waals surface area (Å²) in [5, 5.41) is 14.9. The van der Waals surface area contributed by atoms with Crippen molar-refractivity contribution in [3.8, 4) is 0 Å². The molecule has 0 aliphatic rings. The smallest absolute Gasteiger partial charge is 0.105 e. The van der Waals surface area contributed by atoms with Crippen LogP contribution in [0.5, 0.6) is 0 Å². The van der Waals surface area contributed by atoms with E-state index in [1.54, 1.807) is 0 Å². The van der Waals surface area contributed by atoms with Crippen molar-refractivity contribution in [2.24, 2.45) is 0 Å². The van der Waals surface area contributed by atoms with E-state index in [9.17, 15) is 0 Å². The Labute approximate surface area is 73.1 Å². The molecule has 0 fully saturated rings. The molecule has 0 saturated carbocycles. The van der Waals surface area contributed by atoms with Crippen molar-refractivity contribution in [2.75, 3.05) is 0 Å². The molecule has 0 rings (SSSR count). The van der Waals surface area contributed by atoms with Crippen molar-refractivity contribution >= 4 is 0 Å². The largest absolute Gasteiger partial charge is 0.356 e. The fourth-order valence-electron chi connectivity index (χ4n) is 0.0544. The first-order chi connectivity index (χ1) is 3.13. The van der Waals surface area contributed by atoms with Gasteiger partial charge in [0.2, 0.25) is 0 Å². The molecule has 7 nitrogen and oxygen atoms in total. The van der Waals surface area contributed by atoms with Crippen LogP contribution in [0.15, 0.2) is 0 Å². The molecule has 0 aromatic rings. The molecule has 1 radical (unpaired) electrons. The minimum atomic E-state index is -1.50. The Bertz CT molecular complexity index is 91.1. The van der Waals surface area contributed by atoms with Gasteiger partial charge in [-0.3, -0.25) is 0 Å². The first-order valence-electron chi connectivity index (χ1n) is 1.10. The van der Waals surface area contributed by atoms with Crippen LogP contribution in [0.25, 0.3) is 0 Å². The van der Waals surface area contributed by atoms with E-state index in [0.717, 1.165) is 0 Å². The third-order valence-corrected chi connectivity index (χ3v) is 0.133. The van der Waals surface area contributed by atoms with Crippen molar-refractivity contribution in [1.29, 1.82) is 0 Å². The number of hydrogen-bond donors (Lipinski definition) is 0. The van der Waals surface area contributed by atoms with Crippen LogP contribution < -0.4 is 0 Å². The van der Waals surface area contributed by atoms with Crippen LogP contribution in [0.1, 0.15) is 0 Å². The van der Waals surface area contributed by atoms with Gasteiger partial charge in [0.15, 0.2) is 0 Å². The van der Waals surface area contributed by atoms with Crippen LogP contribution in [0.3, 0.4) is 0 Å². The van der Waals surface area contributed by atoms with Gasteiger partial charge in [0, 0.05) is 42.4 Å². The fourth-order valence-corrected chi connectivity index (χ4v) is 0.0544. The number of nitrogens with zero attached hydrogens (tertiary/aromatic N) is 2. The molecule has 0 aromatic carbocycles. The monoisotopic (exact) mass is 277 g/mol. The molecule has 61 valence electrons. The van der Waals surface area contributed by atoms with Gasteiger partial charge in [-0.1, -0.05) is 0 Å². The maximum atomic E-state index is 8.95. The molecule has 0 amide bonds. The Kier molecular flexibility index (Phi) is 13.8. The van der Waals surface area contributed by atoms with Gasteiger partial charge in [-0.2, -0.15) is 0 Å². The second-order valence-electron chi connectivity index (χ2n) is 0.529. The van der Waals surface area contributed by atoms with E-state index in [1.165, 1.54) is 0 Å². The van der Waals surface area contributed by atoms with Crippen LogP contribution in [0.4, 0.5) is 0 Å². The number of rotatable bonds is 2. The Morgan fingerprint density at radius 1 is 1.11 bits per heavy atom. The minimum absolute atomic E-state index is 0. The van der Waals surface area contributed by atoms with Gasteiger partial charge in [-0.15, -0.1) is 20.2 Å². The zero-order chi connectivity index (χ0) is 5.86. The van der Waals surface area contributed by atoms with Crippen molar-refractivity contribution in [1.82, 2.24) is 0 Å². The molecule has 0 aliphatic carbocycles. The molecule has 0 spiro atoms. The summed E-state index contributed by atoms with van der Waals surface area (Å²) in [5.74, 6) is 0. The van der Waals surface area contributed by atoms with E-state index < -0.39 is 10.2 Å². The molecule has 0 N–H and O–H groups in total. The molecular weight excluding hydrogens is 278 g/mol. The zero-order valence-electron chi connectivity index (χ0n) is 3.55. The van der Waals surface area contributed by atoms with Gasteiger partial charge in [-0.25, -0.2) is 0 Å². The maximum absolute atomic E-state index is 8.95. The van der Waals surface area contributed by atoms with Crippen molar-refractivity contribution in [2.45, 2.75) is 0 Å². The van der Waals surface area contributed by atoms with E-state index in [1.807, 2.05) is 0 Å². The average Bonchev–Trinajstić information content (AvgIpc) is 1.27. The molecule has 0 aliphatic heterocycles. The molecular formula is CuN2O5Pd. The Morgan fingerprint density at radius 2 is 1.33 bits per heavy atom. The van der Waals surface area contributed by atoms with E-state index in [-0.39, 0.29) is 37.5 Å². The van der Waals surface area contributed by atoms with Crippen LogP contribution in [0, 0.1) is 20.2 Å². The summed E-state index contributed by atoms with van der Waals surface area (Å²) in [6, 6.07) is 0. The van der Waals surface area contributed by atoms with Crippen LogP contribution in [-0.2, 0) is 42.4 Å². The Balaban J connectivity index is -0.000000180. The van der Waals surface area contributed by atoms with Crippen LogP contribution >= 0.6 is 0 Å². The molecule has 0 saturated heterocycles. The average molecular weight is 278 g/mol. The molecule has 0 atom stereocenters. The Morgan fingerprint density at radius 3 is 1.33 bits per heavy atom.